The van der Waals surface area contributed by atoms with Crippen molar-refractivity contribution in [3.63, 3.8) is 0 Å². The highest BCUT2D eigenvalue weighted by atomic mass is 35.5. The molecule has 1 aliphatic carbocycles. The van der Waals surface area contributed by atoms with Gasteiger partial charge in [-0.2, -0.15) is 5.26 Å². The molecule has 7 heteroatoms. The summed E-state index contributed by atoms with van der Waals surface area (Å²) in [5.74, 6) is 1.02. The quantitative estimate of drug-likeness (QED) is 0.401. The van der Waals surface area contributed by atoms with Crippen LogP contribution in [0.15, 0.2) is 48.5 Å². The molecule has 6 nitrogen and oxygen atoms in total. The van der Waals surface area contributed by atoms with E-state index >= 15 is 0 Å². The van der Waals surface area contributed by atoms with E-state index in [1.807, 2.05) is 42.5 Å². The Kier molecular flexibility index (Phi) is 7.87. The minimum Gasteiger partial charge on any atom is -0.492 e. The molecule has 1 heterocycles. The molecular formula is C26H30ClN3O3. The van der Waals surface area contributed by atoms with Crippen molar-refractivity contribution in [2.45, 2.75) is 25.9 Å². The molecule has 4 rings (SSSR count). The molecule has 0 bridgehead atoms. The number of carbonyl (C=O) groups excluding carboxylic acids is 1. The number of piperidine rings is 1. The van der Waals surface area contributed by atoms with Crippen molar-refractivity contribution in [1.82, 2.24) is 10.2 Å². The number of halogens is 1. The Morgan fingerprint density at radius 3 is 2.45 bits per heavy atom. The zero-order valence-corrected chi connectivity index (χ0v) is 19.6. The van der Waals surface area contributed by atoms with Crippen LogP contribution in [0.2, 0.25) is 5.02 Å². The number of hydrogen-bond donors (Lipinski definition) is 1. The average Bonchev–Trinajstić information content (AvgIpc) is 3.27. The smallest absolute Gasteiger partial charge is 0.323 e. The summed E-state index contributed by atoms with van der Waals surface area (Å²) >= 11 is 5.97. The fourth-order valence-electron chi connectivity index (χ4n) is 4.67. The number of nitrogens with zero attached hydrogens (tertiary/aromatic N) is 2. The van der Waals surface area contributed by atoms with Crippen molar-refractivity contribution in [1.29, 1.82) is 5.26 Å². The lowest BCUT2D eigenvalue weighted by Gasteiger charge is -2.20. The van der Waals surface area contributed by atoms with Crippen LogP contribution in [0.3, 0.4) is 0 Å². The number of nitriles is 1. The van der Waals surface area contributed by atoms with Crippen molar-refractivity contribution < 1.29 is 14.3 Å². The number of benzene rings is 2. The van der Waals surface area contributed by atoms with Crippen LogP contribution >= 0.6 is 11.6 Å². The van der Waals surface area contributed by atoms with Gasteiger partial charge in [0, 0.05) is 37.2 Å². The summed E-state index contributed by atoms with van der Waals surface area (Å²) in [6.45, 7) is 6.71. The van der Waals surface area contributed by atoms with E-state index in [1.54, 1.807) is 6.92 Å². The zero-order valence-electron chi connectivity index (χ0n) is 18.9. The van der Waals surface area contributed by atoms with E-state index in [0.29, 0.717) is 19.1 Å². The summed E-state index contributed by atoms with van der Waals surface area (Å²) in [5.41, 5.74) is 2.22. The number of carbonyl (C=O) groups is 1. The van der Waals surface area contributed by atoms with Gasteiger partial charge in [0.25, 0.3) is 0 Å². The predicted octanol–water partition coefficient (Wildman–Crippen LogP) is 3.68. The molecule has 2 aromatic rings. The van der Waals surface area contributed by atoms with Crippen molar-refractivity contribution >= 4 is 17.6 Å². The largest absolute Gasteiger partial charge is 0.492 e. The van der Waals surface area contributed by atoms with Crippen LogP contribution in [-0.4, -0.2) is 49.8 Å². The number of hydrogen-bond acceptors (Lipinski definition) is 6. The lowest BCUT2D eigenvalue weighted by atomic mass is 10.0. The van der Waals surface area contributed by atoms with Crippen LogP contribution in [0.1, 0.15) is 18.1 Å². The van der Waals surface area contributed by atoms with Gasteiger partial charge in [0.1, 0.15) is 18.3 Å². The maximum absolute atomic E-state index is 11.8. The number of esters is 1. The van der Waals surface area contributed by atoms with Gasteiger partial charge in [-0.15, -0.1) is 0 Å². The molecule has 2 aromatic carbocycles. The first-order chi connectivity index (χ1) is 16.1. The third kappa shape index (κ3) is 6.26. The Labute approximate surface area is 200 Å². The lowest BCUT2D eigenvalue weighted by molar-refractivity contribution is -0.145. The fraction of sp³-hybridized carbons (Fsp3) is 0.462. The van der Waals surface area contributed by atoms with Gasteiger partial charge in [-0.3, -0.25) is 9.69 Å². The van der Waals surface area contributed by atoms with E-state index in [1.165, 1.54) is 5.56 Å². The highest BCUT2D eigenvalue weighted by Crippen LogP contribution is 2.45. The van der Waals surface area contributed by atoms with E-state index in [2.05, 4.69) is 22.3 Å². The normalized spacial score (nSPS) is 22.3. The minimum absolute atomic E-state index is 0.280. The molecule has 1 aliphatic heterocycles. The first-order valence-electron chi connectivity index (χ1n) is 11.6. The van der Waals surface area contributed by atoms with Gasteiger partial charge < -0.3 is 14.8 Å². The zero-order chi connectivity index (χ0) is 23.2. The summed E-state index contributed by atoms with van der Waals surface area (Å²) < 4.78 is 10.8. The summed E-state index contributed by atoms with van der Waals surface area (Å²) in [6.07, 6.45) is 0.344. The van der Waals surface area contributed by atoms with Crippen LogP contribution < -0.4 is 10.1 Å². The van der Waals surface area contributed by atoms with E-state index in [4.69, 9.17) is 21.1 Å². The third-order valence-corrected chi connectivity index (χ3v) is 6.68. The van der Waals surface area contributed by atoms with Crippen molar-refractivity contribution in [2.24, 2.45) is 17.8 Å². The Morgan fingerprint density at radius 1 is 1.15 bits per heavy atom. The number of fused-ring (bicyclic) bond motifs is 1. The lowest BCUT2D eigenvalue weighted by Crippen LogP contribution is -2.33. The number of rotatable bonds is 11. The van der Waals surface area contributed by atoms with Gasteiger partial charge in [0.15, 0.2) is 0 Å². The second kappa shape index (κ2) is 11.0. The molecule has 1 saturated heterocycles. The maximum Gasteiger partial charge on any atom is 0.323 e. The topological polar surface area (TPSA) is 74.6 Å². The molecule has 0 amide bonds. The Morgan fingerprint density at radius 2 is 1.82 bits per heavy atom. The third-order valence-electron chi connectivity index (χ3n) is 6.43. The van der Waals surface area contributed by atoms with Crippen LogP contribution in [0.25, 0.3) is 0 Å². The Hall–Kier alpha value is -2.59. The highest BCUT2D eigenvalue weighted by Gasteiger charge is 2.55. The molecule has 33 heavy (non-hydrogen) atoms. The Bertz CT molecular complexity index is 962. The molecule has 0 aromatic heterocycles. The molecule has 1 unspecified atom stereocenters. The molecule has 0 radical (unpaired) electrons. The average molecular weight is 468 g/mol. The monoisotopic (exact) mass is 467 g/mol. The molecule has 174 valence electrons. The SMILES string of the molecule is CCOC(=O)C(C#N)Cc1ccc(OCCN[C@H]2[C@@H]3CN(Cc4ccc(Cl)cc4)C[C@@H]32)cc1. The molecule has 2 fully saturated rings. The van der Waals surface area contributed by atoms with Gasteiger partial charge in [0.2, 0.25) is 0 Å². The minimum atomic E-state index is -0.777. The van der Waals surface area contributed by atoms with Crippen molar-refractivity contribution in [3.8, 4) is 11.8 Å². The molecule has 0 spiro atoms. The van der Waals surface area contributed by atoms with Gasteiger partial charge in [0.05, 0.1) is 12.7 Å². The summed E-state index contributed by atoms with van der Waals surface area (Å²) in [7, 11) is 0. The molecule has 1 N–H and O–H groups in total. The number of nitrogens with one attached hydrogen (secondary N) is 1. The van der Waals surface area contributed by atoms with E-state index in [9.17, 15) is 10.1 Å². The second-order valence-corrected chi connectivity index (χ2v) is 9.19. The van der Waals surface area contributed by atoms with E-state index in [-0.39, 0.29) is 6.61 Å². The van der Waals surface area contributed by atoms with Gasteiger partial charge in [-0.1, -0.05) is 35.9 Å². The molecular weight excluding hydrogens is 438 g/mol. The van der Waals surface area contributed by atoms with Crippen molar-refractivity contribution in [2.75, 3.05) is 32.8 Å². The molecule has 4 atom stereocenters. The summed E-state index contributed by atoms with van der Waals surface area (Å²) in [6, 6.07) is 18.3. The van der Waals surface area contributed by atoms with Gasteiger partial charge in [-0.05, 0) is 60.6 Å². The Balaban J connectivity index is 1.12. The second-order valence-electron chi connectivity index (χ2n) is 8.76. The first-order valence-corrected chi connectivity index (χ1v) is 11.9. The first kappa shape index (κ1) is 23.6. The van der Waals surface area contributed by atoms with E-state index < -0.39 is 11.9 Å². The predicted molar refractivity (Wildman–Crippen MR) is 127 cm³/mol. The van der Waals surface area contributed by atoms with Crippen LogP contribution in [0, 0.1) is 29.1 Å². The van der Waals surface area contributed by atoms with Gasteiger partial charge in [-0.25, -0.2) is 0 Å². The van der Waals surface area contributed by atoms with Crippen LogP contribution in [-0.2, 0) is 22.5 Å². The van der Waals surface area contributed by atoms with E-state index in [0.717, 1.165) is 54.4 Å². The van der Waals surface area contributed by atoms with Crippen LogP contribution in [0.5, 0.6) is 5.75 Å². The van der Waals surface area contributed by atoms with Crippen LogP contribution in [0.4, 0.5) is 0 Å². The van der Waals surface area contributed by atoms with Crippen molar-refractivity contribution in [3.05, 3.63) is 64.7 Å². The highest BCUT2D eigenvalue weighted by molar-refractivity contribution is 6.30. The summed E-state index contributed by atoms with van der Waals surface area (Å²) in [5, 5.41) is 13.6. The number of likely N-dealkylation sites (tertiary alicyclic amines) is 1. The fourth-order valence-corrected chi connectivity index (χ4v) is 4.80. The standard InChI is InChI=1S/C26H30ClN3O3/c1-2-32-26(31)20(14-28)13-18-5-9-22(10-6-18)33-12-11-29-25-23-16-30(17-24(23)25)15-19-3-7-21(27)8-4-19/h3-10,20,23-25,29H,2,11-13,15-17H2,1H3/t20?,23-,24+,25+. The molecule has 2 aliphatic rings. The van der Waals surface area contributed by atoms with Gasteiger partial charge >= 0.3 is 5.97 Å². The summed E-state index contributed by atoms with van der Waals surface area (Å²) in [4.78, 5) is 14.3. The number of ether oxygens (including phenoxy) is 2. The molecule has 1 saturated carbocycles. The maximum atomic E-state index is 11.8.